The molecule has 0 unspecified atom stereocenters. The van der Waals surface area contributed by atoms with Gasteiger partial charge < -0.3 is 4.98 Å². The van der Waals surface area contributed by atoms with Crippen molar-refractivity contribution in [3.63, 3.8) is 0 Å². The third-order valence-corrected chi connectivity index (χ3v) is 7.73. The average molecular weight is 479 g/mol. The van der Waals surface area contributed by atoms with Crippen molar-refractivity contribution in [3.8, 4) is 5.69 Å². The van der Waals surface area contributed by atoms with Gasteiger partial charge in [-0.2, -0.15) is 0 Å². The van der Waals surface area contributed by atoms with Crippen LogP contribution in [0.25, 0.3) is 26.8 Å². The lowest BCUT2D eigenvalue weighted by atomic mass is 10.2. The number of nitrogens with zero attached hydrogens (tertiary/aromatic N) is 3. The molecule has 0 saturated heterocycles. The average Bonchev–Trinajstić information content (AvgIpc) is 3.08. The zero-order valence-electron chi connectivity index (χ0n) is 18.0. The third-order valence-electron chi connectivity index (χ3n) is 5.56. The van der Waals surface area contributed by atoms with E-state index < -0.39 is 5.82 Å². The predicted molar refractivity (Wildman–Crippen MR) is 131 cm³/mol. The van der Waals surface area contributed by atoms with Crippen LogP contribution < -0.4 is 11.1 Å². The van der Waals surface area contributed by atoms with Crippen molar-refractivity contribution in [1.29, 1.82) is 0 Å². The van der Waals surface area contributed by atoms with Crippen LogP contribution in [0, 0.1) is 19.7 Å². The standard InChI is InChI=1S/C24H19FN4O2S2/c1-12-13(2)32-22-19(12)21(30)27-20(28-22)14(3)33-24-26-17-10-6-4-8-15(17)23(31)29(24)18-11-7-5-9-16(18)25/h4-11,14H,1-3H3,(H,27,28,30)/t14-/m1/s1. The highest BCUT2D eigenvalue weighted by Gasteiger charge is 2.21. The number of hydrogen-bond donors (Lipinski definition) is 1. The molecule has 5 rings (SSSR count). The second-order valence-corrected chi connectivity index (χ2v) is 10.2. The van der Waals surface area contributed by atoms with E-state index in [1.807, 2.05) is 20.8 Å². The van der Waals surface area contributed by atoms with Crippen LogP contribution in [0.3, 0.4) is 0 Å². The summed E-state index contributed by atoms with van der Waals surface area (Å²) in [5.41, 5.74) is 1.02. The Hall–Kier alpha value is -3.30. The van der Waals surface area contributed by atoms with E-state index in [-0.39, 0.29) is 22.1 Å². The monoisotopic (exact) mass is 478 g/mol. The zero-order valence-corrected chi connectivity index (χ0v) is 19.7. The third kappa shape index (κ3) is 3.67. The van der Waals surface area contributed by atoms with Gasteiger partial charge in [-0.05, 0) is 50.6 Å². The number of H-pyrrole nitrogens is 1. The van der Waals surface area contributed by atoms with Crippen LogP contribution >= 0.6 is 23.1 Å². The van der Waals surface area contributed by atoms with Crippen LogP contribution in [0.4, 0.5) is 4.39 Å². The molecule has 1 atom stereocenters. The molecular formula is C24H19FN4O2S2. The minimum Gasteiger partial charge on any atom is -0.309 e. The highest BCUT2D eigenvalue weighted by atomic mass is 32.2. The quantitative estimate of drug-likeness (QED) is 0.280. The first-order valence-corrected chi connectivity index (χ1v) is 12.0. The molecule has 166 valence electrons. The van der Waals surface area contributed by atoms with Gasteiger partial charge in [0.15, 0.2) is 5.16 Å². The van der Waals surface area contributed by atoms with Crippen molar-refractivity contribution < 1.29 is 4.39 Å². The molecule has 0 radical (unpaired) electrons. The Balaban J connectivity index is 1.67. The molecule has 9 heteroatoms. The summed E-state index contributed by atoms with van der Waals surface area (Å²) in [6.07, 6.45) is 0. The summed E-state index contributed by atoms with van der Waals surface area (Å²) in [7, 11) is 0. The van der Waals surface area contributed by atoms with E-state index in [1.165, 1.54) is 33.7 Å². The maximum Gasteiger partial charge on any atom is 0.266 e. The largest absolute Gasteiger partial charge is 0.309 e. The van der Waals surface area contributed by atoms with Gasteiger partial charge in [-0.1, -0.05) is 36.0 Å². The van der Waals surface area contributed by atoms with E-state index in [1.54, 1.807) is 42.5 Å². The van der Waals surface area contributed by atoms with Gasteiger partial charge in [0, 0.05) is 4.88 Å². The predicted octanol–water partition coefficient (Wildman–Crippen LogP) is 5.29. The van der Waals surface area contributed by atoms with Crippen LogP contribution in [0.15, 0.2) is 63.3 Å². The van der Waals surface area contributed by atoms with E-state index in [4.69, 9.17) is 0 Å². The Kier molecular flexibility index (Phi) is 5.38. The minimum absolute atomic E-state index is 0.122. The van der Waals surface area contributed by atoms with Crippen LogP contribution in [0.2, 0.25) is 0 Å². The lowest BCUT2D eigenvalue weighted by molar-refractivity contribution is 0.608. The Bertz CT molecular complexity index is 1650. The summed E-state index contributed by atoms with van der Waals surface area (Å²) < 4.78 is 16.0. The van der Waals surface area contributed by atoms with Crippen molar-refractivity contribution in [2.45, 2.75) is 31.2 Å². The van der Waals surface area contributed by atoms with Crippen molar-refractivity contribution in [2.24, 2.45) is 0 Å². The highest BCUT2D eigenvalue weighted by molar-refractivity contribution is 7.99. The van der Waals surface area contributed by atoms with Crippen LogP contribution in [0.5, 0.6) is 0 Å². The maximum absolute atomic E-state index is 14.7. The van der Waals surface area contributed by atoms with Gasteiger partial charge in [0.2, 0.25) is 0 Å². The summed E-state index contributed by atoms with van der Waals surface area (Å²) >= 11 is 2.72. The first-order chi connectivity index (χ1) is 15.8. The van der Waals surface area contributed by atoms with E-state index in [9.17, 15) is 14.0 Å². The lowest BCUT2D eigenvalue weighted by Gasteiger charge is -2.16. The summed E-state index contributed by atoms with van der Waals surface area (Å²) in [6, 6.07) is 13.1. The van der Waals surface area contributed by atoms with Crippen molar-refractivity contribution in [3.05, 3.63) is 91.3 Å². The number of aromatic nitrogens is 4. The fraction of sp³-hybridized carbons (Fsp3) is 0.167. The van der Waals surface area contributed by atoms with Gasteiger partial charge in [-0.3, -0.25) is 14.2 Å². The van der Waals surface area contributed by atoms with Crippen LogP contribution in [-0.4, -0.2) is 19.5 Å². The number of thiophene rings is 1. The Morgan fingerprint density at radius 1 is 1.06 bits per heavy atom. The molecule has 3 aromatic heterocycles. The number of fused-ring (bicyclic) bond motifs is 2. The molecule has 0 bridgehead atoms. The van der Waals surface area contributed by atoms with E-state index in [0.717, 1.165) is 10.4 Å². The van der Waals surface area contributed by atoms with Crippen LogP contribution in [0.1, 0.15) is 28.4 Å². The van der Waals surface area contributed by atoms with Gasteiger partial charge in [0.25, 0.3) is 11.1 Å². The van der Waals surface area contributed by atoms with Crippen LogP contribution in [-0.2, 0) is 0 Å². The minimum atomic E-state index is -0.524. The number of benzene rings is 2. The molecular weight excluding hydrogens is 459 g/mol. The first-order valence-electron chi connectivity index (χ1n) is 10.3. The molecule has 0 saturated carbocycles. The summed E-state index contributed by atoms with van der Waals surface area (Å²) in [6.45, 7) is 5.75. The molecule has 1 N–H and O–H groups in total. The van der Waals surface area contributed by atoms with Crippen molar-refractivity contribution in [1.82, 2.24) is 19.5 Å². The summed E-state index contributed by atoms with van der Waals surface area (Å²) in [5, 5.41) is 0.967. The molecule has 0 amide bonds. The normalized spacial score (nSPS) is 12.5. The number of rotatable bonds is 4. The van der Waals surface area contributed by atoms with Gasteiger partial charge >= 0.3 is 0 Å². The molecule has 0 spiro atoms. The highest BCUT2D eigenvalue weighted by Crippen LogP contribution is 2.35. The Morgan fingerprint density at radius 3 is 2.58 bits per heavy atom. The number of halogens is 1. The van der Waals surface area contributed by atoms with Gasteiger partial charge in [-0.15, -0.1) is 11.3 Å². The number of para-hydroxylation sites is 2. The molecule has 33 heavy (non-hydrogen) atoms. The number of hydrogen-bond acceptors (Lipinski definition) is 6. The maximum atomic E-state index is 14.7. The summed E-state index contributed by atoms with van der Waals surface area (Å²) in [4.78, 5) is 40.0. The molecule has 0 aliphatic rings. The van der Waals surface area contributed by atoms with Gasteiger partial charge in [0.05, 0.1) is 27.2 Å². The van der Waals surface area contributed by atoms with Gasteiger partial charge in [-0.25, -0.2) is 14.4 Å². The zero-order chi connectivity index (χ0) is 23.3. The number of nitrogens with one attached hydrogen (secondary N) is 1. The number of aryl methyl sites for hydroxylation is 2. The fourth-order valence-electron chi connectivity index (χ4n) is 3.71. The first kappa shape index (κ1) is 21.5. The second-order valence-electron chi connectivity index (χ2n) is 7.68. The van der Waals surface area contributed by atoms with Crippen molar-refractivity contribution >= 4 is 44.2 Å². The topological polar surface area (TPSA) is 80.6 Å². The SMILES string of the molecule is Cc1sc2nc([C@@H](C)Sc3nc4ccccc4c(=O)n3-c3ccccc3F)[nH]c(=O)c2c1C. The molecule has 0 aliphatic carbocycles. The molecule has 0 fully saturated rings. The smallest absolute Gasteiger partial charge is 0.266 e. The molecule has 6 nitrogen and oxygen atoms in total. The molecule has 5 aromatic rings. The van der Waals surface area contributed by atoms with E-state index in [2.05, 4.69) is 15.0 Å². The number of aromatic amines is 1. The molecule has 0 aliphatic heterocycles. The van der Waals surface area contributed by atoms with E-state index >= 15 is 0 Å². The lowest BCUT2D eigenvalue weighted by Crippen LogP contribution is -2.23. The Morgan fingerprint density at radius 2 is 1.79 bits per heavy atom. The second kappa shape index (κ2) is 8.24. The van der Waals surface area contributed by atoms with Gasteiger partial charge in [0.1, 0.15) is 16.5 Å². The summed E-state index contributed by atoms with van der Waals surface area (Å²) in [5.74, 6) is -0.0510. The van der Waals surface area contributed by atoms with E-state index in [0.29, 0.717) is 32.1 Å². The molecule has 2 aromatic carbocycles. The fourth-order valence-corrected chi connectivity index (χ4v) is 5.73. The van der Waals surface area contributed by atoms with Crippen molar-refractivity contribution in [2.75, 3.05) is 0 Å². The molecule has 3 heterocycles. The number of thioether (sulfide) groups is 1. The Labute approximate surface area is 196 Å².